The van der Waals surface area contributed by atoms with Gasteiger partial charge in [0.2, 0.25) is 0 Å². The van der Waals surface area contributed by atoms with Crippen molar-refractivity contribution in [2.45, 2.75) is 12.8 Å². The molecule has 0 radical (unpaired) electrons. The summed E-state index contributed by atoms with van der Waals surface area (Å²) in [6.45, 7) is 0. The van der Waals surface area contributed by atoms with E-state index in [2.05, 4.69) is 204 Å². The second-order valence-electron chi connectivity index (χ2n) is 12.9. The van der Waals surface area contributed by atoms with Gasteiger partial charge in [-0.25, -0.2) is 0 Å². The van der Waals surface area contributed by atoms with Crippen LogP contribution in [0.2, 0.25) is 0 Å². The van der Waals surface area contributed by atoms with E-state index in [1.54, 1.807) is 0 Å². The monoisotopic (exact) mass is 640 g/mol. The fourth-order valence-electron chi connectivity index (χ4n) is 7.40. The van der Waals surface area contributed by atoms with Gasteiger partial charge >= 0.3 is 0 Å². The van der Waals surface area contributed by atoms with Gasteiger partial charge in [0.25, 0.3) is 0 Å². The van der Waals surface area contributed by atoms with Crippen LogP contribution in [0.3, 0.4) is 0 Å². The highest BCUT2D eigenvalue weighted by atomic mass is 15.1. The minimum Gasteiger partial charge on any atom is -0.310 e. The highest BCUT2D eigenvalue weighted by molar-refractivity contribution is 6.10. The Kier molecular flexibility index (Phi) is 7.68. The number of anilines is 3. The normalized spacial score (nSPS) is 12.7. The van der Waals surface area contributed by atoms with Crippen LogP contribution in [0.25, 0.3) is 55.3 Å². The molecule has 9 rings (SSSR count). The fourth-order valence-corrected chi connectivity index (χ4v) is 7.40. The van der Waals surface area contributed by atoms with Crippen molar-refractivity contribution in [1.82, 2.24) is 4.57 Å². The number of benzene rings is 7. The standard InChI is InChI=1S/C48H36N2/c1-5-15-35(16-6-1)38-25-27-42(28-26-38)50-47-24-14-13-23-45(47)46-30-29-43(34-48(46)50)49(41-21-11-4-12-22-41)44-32-39(36-17-7-2-8-18-36)31-40(33-44)37-19-9-3-10-20-37/h1-9,11-19,21-34H,10,20H2. The molecule has 0 saturated heterocycles. The van der Waals surface area contributed by atoms with Crippen molar-refractivity contribution in [3.8, 4) is 27.9 Å². The summed E-state index contributed by atoms with van der Waals surface area (Å²) >= 11 is 0. The molecule has 1 aliphatic carbocycles. The maximum Gasteiger partial charge on any atom is 0.0561 e. The summed E-state index contributed by atoms with van der Waals surface area (Å²) in [5, 5.41) is 2.49. The fraction of sp³-hybridized carbons (Fsp3) is 0.0417. The van der Waals surface area contributed by atoms with Crippen LogP contribution in [0.4, 0.5) is 17.1 Å². The van der Waals surface area contributed by atoms with Gasteiger partial charge < -0.3 is 9.47 Å². The second kappa shape index (κ2) is 12.9. The van der Waals surface area contributed by atoms with Crippen LogP contribution in [-0.4, -0.2) is 4.57 Å². The lowest BCUT2D eigenvalue weighted by Crippen LogP contribution is -2.11. The minimum atomic E-state index is 1.04. The van der Waals surface area contributed by atoms with Gasteiger partial charge in [-0.15, -0.1) is 0 Å². The highest BCUT2D eigenvalue weighted by Crippen LogP contribution is 2.42. The first-order valence-corrected chi connectivity index (χ1v) is 17.4. The molecule has 238 valence electrons. The van der Waals surface area contributed by atoms with Crippen LogP contribution < -0.4 is 4.90 Å². The first-order chi connectivity index (χ1) is 24.8. The van der Waals surface area contributed by atoms with Crippen molar-refractivity contribution in [2.75, 3.05) is 4.90 Å². The zero-order valence-corrected chi connectivity index (χ0v) is 27.8. The van der Waals surface area contributed by atoms with Gasteiger partial charge in [-0.2, -0.15) is 0 Å². The molecule has 1 aliphatic rings. The van der Waals surface area contributed by atoms with Crippen LogP contribution >= 0.6 is 0 Å². The molecule has 8 aromatic rings. The molecule has 1 aromatic heterocycles. The van der Waals surface area contributed by atoms with E-state index in [0.29, 0.717) is 0 Å². The largest absolute Gasteiger partial charge is 0.310 e. The van der Waals surface area contributed by atoms with Crippen LogP contribution in [0.15, 0.2) is 194 Å². The molecule has 0 saturated carbocycles. The Balaban J connectivity index is 1.25. The predicted molar refractivity (Wildman–Crippen MR) is 213 cm³/mol. The van der Waals surface area contributed by atoms with E-state index in [1.165, 1.54) is 55.2 Å². The Hall–Kier alpha value is -6.38. The van der Waals surface area contributed by atoms with Gasteiger partial charge in [0.05, 0.1) is 11.0 Å². The Morgan fingerprint density at radius 2 is 1.04 bits per heavy atom. The number of hydrogen-bond donors (Lipinski definition) is 0. The van der Waals surface area contributed by atoms with Crippen LogP contribution in [0.1, 0.15) is 18.4 Å². The molecule has 0 atom stereocenters. The van der Waals surface area contributed by atoms with Crippen LogP contribution in [0.5, 0.6) is 0 Å². The molecule has 0 amide bonds. The third-order valence-electron chi connectivity index (χ3n) is 9.83. The smallest absolute Gasteiger partial charge is 0.0561 e. The Bertz CT molecular complexity index is 2500. The van der Waals surface area contributed by atoms with Crippen LogP contribution in [-0.2, 0) is 0 Å². The number of rotatable bonds is 7. The molecule has 0 bridgehead atoms. The molecule has 2 heteroatoms. The number of aromatic nitrogens is 1. The quantitative estimate of drug-likeness (QED) is 0.168. The highest BCUT2D eigenvalue weighted by Gasteiger charge is 2.19. The Morgan fingerprint density at radius 1 is 0.420 bits per heavy atom. The van der Waals surface area contributed by atoms with Crippen molar-refractivity contribution >= 4 is 44.4 Å². The molecule has 0 unspecified atom stereocenters. The summed E-state index contributed by atoms with van der Waals surface area (Å²) in [4.78, 5) is 2.41. The maximum absolute atomic E-state index is 2.41. The predicted octanol–water partition coefficient (Wildman–Crippen LogP) is 13.3. The second-order valence-corrected chi connectivity index (χ2v) is 12.9. The number of fused-ring (bicyclic) bond motifs is 3. The molecule has 7 aromatic carbocycles. The molecule has 50 heavy (non-hydrogen) atoms. The molecular formula is C48H36N2. The summed E-state index contributed by atoms with van der Waals surface area (Å²) < 4.78 is 2.41. The molecule has 0 spiro atoms. The average molecular weight is 641 g/mol. The lowest BCUT2D eigenvalue weighted by atomic mass is 9.93. The summed E-state index contributed by atoms with van der Waals surface area (Å²) in [6.07, 6.45) is 8.83. The number of hydrogen-bond acceptors (Lipinski definition) is 1. The van der Waals surface area contributed by atoms with Crippen molar-refractivity contribution in [3.05, 3.63) is 200 Å². The number of nitrogens with zero attached hydrogens (tertiary/aromatic N) is 2. The minimum absolute atomic E-state index is 1.04. The number of para-hydroxylation sites is 2. The summed E-state index contributed by atoms with van der Waals surface area (Å²) in [7, 11) is 0. The third kappa shape index (κ3) is 5.51. The molecule has 1 heterocycles. The van der Waals surface area contributed by atoms with Crippen molar-refractivity contribution in [2.24, 2.45) is 0 Å². The molecular weight excluding hydrogens is 605 g/mol. The zero-order chi connectivity index (χ0) is 33.3. The number of allylic oxidation sites excluding steroid dienone is 4. The maximum atomic E-state index is 2.41. The van der Waals surface area contributed by atoms with E-state index in [1.807, 2.05) is 0 Å². The van der Waals surface area contributed by atoms with Gasteiger partial charge in [-0.1, -0.05) is 133 Å². The topological polar surface area (TPSA) is 8.17 Å². The van der Waals surface area contributed by atoms with Gasteiger partial charge in [-0.3, -0.25) is 0 Å². The molecule has 0 N–H and O–H groups in total. The molecule has 2 nitrogen and oxygen atoms in total. The summed E-state index contributed by atoms with van der Waals surface area (Å²) in [5.41, 5.74) is 14.4. The summed E-state index contributed by atoms with van der Waals surface area (Å²) in [6, 6.07) is 63.8. The van der Waals surface area contributed by atoms with E-state index in [0.717, 1.165) is 35.6 Å². The first kappa shape index (κ1) is 29.7. The lowest BCUT2D eigenvalue weighted by Gasteiger charge is -2.27. The Labute approximate surface area is 293 Å². The zero-order valence-electron chi connectivity index (χ0n) is 27.8. The van der Waals surface area contributed by atoms with Crippen molar-refractivity contribution in [3.63, 3.8) is 0 Å². The van der Waals surface area contributed by atoms with Gasteiger partial charge in [0.15, 0.2) is 0 Å². The van der Waals surface area contributed by atoms with Crippen molar-refractivity contribution < 1.29 is 0 Å². The van der Waals surface area contributed by atoms with E-state index in [-0.39, 0.29) is 0 Å². The van der Waals surface area contributed by atoms with E-state index in [4.69, 9.17) is 0 Å². The van der Waals surface area contributed by atoms with E-state index < -0.39 is 0 Å². The molecule has 0 aliphatic heterocycles. The van der Waals surface area contributed by atoms with E-state index >= 15 is 0 Å². The summed E-state index contributed by atoms with van der Waals surface area (Å²) in [5.74, 6) is 0. The van der Waals surface area contributed by atoms with Crippen LogP contribution in [0, 0.1) is 0 Å². The molecule has 0 fully saturated rings. The van der Waals surface area contributed by atoms with Gasteiger partial charge in [-0.05, 0) is 107 Å². The lowest BCUT2D eigenvalue weighted by molar-refractivity contribution is 1.05. The third-order valence-corrected chi connectivity index (χ3v) is 9.83. The Morgan fingerprint density at radius 3 is 1.76 bits per heavy atom. The average Bonchev–Trinajstić information content (AvgIpc) is 3.53. The SMILES string of the molecule is C1=CCCC(c2cc(-c3ccccc3)cc(N(c3ccccc3)c3ccc4c5ccccc5n(-c5ccc(-c6ccccc6)cc5)c4c3)c2)=C1. The van der Waals surface area contributed by atoms with Gasteiger partial charge in [0, 0.05) is 33.5 Å². The van der Waals surface area contributed by atoms with Crippen molar-refractivity contribution in [1.29, 1.82) is 0 Å². The van der Waals surface area contributed by atoms with E-state index in [9.17, 15) is 0 Å². The first-order valence-electron chi connectivity index (χ1n) is 17.4. The van der Waals surface area contributed by atoms with Gasteiger partial charge in [0.1, 0.15) is 0 Å².